The Bertz CT molecular complexity index is 377. The topological polar surface area (TPSA) is 43.1 Å². The van der Waals surface area contributed by atoms with Crippen LogP contribution in [0.1, 0.15) is 25.3 Å². The number of nitro groups is 1. The summed E-state index contributed by atoms with van der Waals surface area (Å²) in [5, 5.41) is 10.4. The third-order valence-corrected chi connectivity index (χ3v) is 1.88. The predicted octanol–water partition coefficient (Wildman–Crippen LogP) is 3.00. The van der Waals surface area contributed by atoms with Crippen LogP contribution >= 0.6 is 0 Å². The zero-order valence-electron chi connectivity index (χ0n) is 7.75. The second-order valence-electron chi connectivity index (χ2n) is 3.21. The molecular formula is C9H9F2NO2. The number of rotatable bonds is 2. The Balaban J connectivity index is 3.41. The number of halogens is 2. The summed E-state index contributed by atoms with van der Waals surface area (Å²) in [4.78, 5) is 9.49. The van der Waals surface area contributed by atoms with Crippen molar-refractivity contribution in [3.63, 3.8) is 0 Å². The number of hydrogen-bond acceptors (Lipinski definition) is 2. The summed E-state index contributed by atoms with van der Waals surface area (Å²) in [5.74, 6) is -2.25. The van der Waals surface area contributed by atoms with E-state index >= 15 is 0 Å². The molecule has 0 aliphatic rings. The third-order valence-electron chi connectivity index (χ3n) is 1.88. The van der Waals surface area contributed by atoms with E-state index in [0.717, 1.165) is 12.1 Å². The van der Waals surface area contributed by atoms with Crippen molar-refractivity contribution in [1.82, 2.24) is 0 Å². The van der Waals surface area contributed by atoms with Crippen LogP contribution in [0, 0.1) is 21.7 Å². The Morgan fingerprint density at radius 3 is 2.36 bits per heavy atom. The zero-order chi connectivity index (χ0) is 10.9. The van der Waals surface area contributed by atoms with E-state index in [4.69, 9.17) is 0 Å². The molecule has 1 rings (SSSR count). The maximum Gasteiger partial charge on any atom is 0.305 e. The maximum absolute atomic E-state index is 13.4. The van der Waals surface area contributed by atoms with Crippen molar-refractivity contribution >= 4 is 5.69 Å². The Hall–Kier alpha value is -1.52. The molecule has 0 N–H and O–H groups in total. The number of benzene rings is 1. The van der Waals surface area contributed by atoms with Gasteiger partial charge in [-0.1, -0.05) is 13.8 Å². The summed E-state index contributed by atoms with van der Waals surface area (Å²) in [6, 6.07) is 1.74. The highest BCUT2D eigenvalue weighted by Gasteiger charge is 2.22. The second kappa shape index (κ2) is 3.69. The highest BCUT2D eigenvalue weighted by molar-refractivity contribution is 5.39. The van der Waals surface area contributed by atoms with Gasteiger partial charge in [0.2, 0.25) is 5.82 Å². The van der Waals surface area contributed by atoms with Crippen molar-refractivity contribution in [2.45, 2.75) is 19.8 Å². The van der Waals surface area contributed by atoms with Crippen LogP contribution in [0.2, 0.25) is 0 Å². The highest BCUT2D eigenvalue weighted by Crippen LogP contribution is 2.28. The molecule has 0 saturated carbocycles. The summed E-state index contributed by atoms with van der Waals surface area (Å²) >= 11 is 0. The van der Waals surface area contributed by atoms with E-state index in [1.165, 1.54) is 0 Å². The van der Waals surface area contributed by atoms with Crippen molar-refractivity contribution in [3.8, 4) is 0 Å². The molecule has 0 heterocycles. The monoisotopic (exact) mass is 201 g/mol. The molecule has 1 aromatic rings. The first kappa shape index (κ1) is 10.6. The molecule has 3 nitrogen and oxygen atoms in total. The van der Waals surface area contributed by atoms with Crippen molar-refractivity contribution in [3.05, 3.63) is 39.4 Å². The average Bonchev–Trinajstić information content (AvgIpc) is 2.02. The van der Waals surface area contributed by atoms with Gasteiger partial charge in [0.05, 0.1) is 4.92 Å². The van der Waals surface area contributed by atoms with Gasteiger partial charge in [0, 0.05) is 11.6 Å². The van der Waals surface area contributed by atoms with Gasteiger partial charge >= 0.3 is 5.69 Å². The van der Waals surface area contributed by atoms with Crippen molar-refractivity contribution < 1.29 is 13.7 Å². The van der Waals surface area contributed by atoms with Crippen LogP contribution in [-0.4, -0.2) is 4.92 Å². The largest absolute Gasteiger partial charge is 0.305 e. The molecule has 76 valence electrons. The second-order valence-corrected chi connectivity index (χ2v) is 3.21. The van der Waals surface area contributed by atoms with Gasteiger partial charge in [-0.25, -0.2) is 4.39 Å². The molecule has 0 spiro atoms. The van der Waals surface area contributed by atoms with Crippen molar-refractivity contribution in [1.29, 1.82) is 0 Å². The van der Waals surface area contributed by atoms with Crippen LogP contribution in [0.5, 0.6) is 0 Å². The Labute approximate surface area is 79.5 Å². The smallest absolute Gasteiger partial charge is 0.258 e. The molecule has 0 aromatic heterocycles. The summed E-state index contributed by atoms with van der Waals surface area (Å²) in [6.07, 6.45) is 0. The minimum Gasteiger partial charge on any atom is -0.258 e. The lowest BCUT2D eigenvalue weighted by atomic mass is 10.0. The molecule has 0 aliphatic carbocycles. The standard InChI is InChI=1S/C9H9F2NO2/c1-5(2)8-6(10)3-4-7(9(8)11)12(13)14/h3-5H,1-2H3. The van der Waals surface area contributed by atoms with E-state index in [9.17, 15) is 18.9 Å². The van der Waals surface area contributed by atoms with E-state index in [-0.39, 0.29) is 5.56 Å². The van der Waals surface area contributed by atoms with Crippen molar-refractivity contribution in [2.75, 3.05) is 0 Å². The number of nitro benzene ring substituents is 1. The summed E-state index contributed by atoms with van der Waals surface area (Å²) in [7, 11) is 0. The Kier molecular flexibility index (Phi) is 2.78. The first-order chi connectivity index (χ1) is 6.45. The van der Waals surface area contributed by atoms with Gasteiger partial charge in [0.15, 0.2) is 0 Å². The van der Waals surface area contributed by atoms with E-state index in [2.05, 4.69) is 0 Å². The number of hydrogen-bond donors (Lipinski definition) is 0. The fraction of sp³-hybridized carbons (Fsp3) is 0.333. The van der Waals surface area contributed by atoms with E-state index < -0.39 is 28.2 Å². The Morgan fingerprint density at radius 1 is 1.36 bits per heavy atom. The lowest BCUT2D eigenvalue weighted by Crippen LogP contribution is -2.02. The number of nitrogens with zero attached hydrogens (tertiary/aromatic N) is 1. The molecule has 0 radical (unpaired) electrons. The molecule has 14 heavy (non-hydrogen) atoms. The fourth-order valence-corrected chi connectivity index (χ4v) is 1.23. The predicted molar refractivity (Wildman–Crippen MR) is 47.1 cm³/mol. The molecular weight excluding hydrogens is 192 g/mol. The van der Waals surface area contributed by atoms with E-state index in [1.54, 1.807) is 13.8 Å². The molecule has 5 heteroatoms. The third kappa shape index (κ3) is 1.71. The lowest BCUT2D eigenvalue weighted by molar-refractivity contribution is -0.387. The molecule has 0 fully saturated rings. The summed E-state index contributed by atoms with van der Waals surface area (Å²) in [6.45, 7) is 3.15. The first-order valence-electron chi connectivity index (χ1n) is 4.07. The summed E-state index contributed by atoms with van der Waals surface area (Å²) < 4.78 is 26.4. The van der Waals surface area contributed by atoms with Crippen LogP contribution in [0.4, 0.5) is 14.5 Å². The summed E-state index contributed by atoms with van der Waals surface area (Å²) in [5.41, 5.74) is -0.922. The highest BCUT2D eigenvalue weighted by atomic mass is 19.1. The molecule has 0 aliphatic heterocycles. The van der Waals surface area contributed by atoms with Gasteiger partial charge in [-0.2, -0.15) is 4.39 Å². The minimum atomic E-state index is -1.08. The molecule has 0 saturated heterocycles. The Morgan fingerprint density at radius 2 is 1.93 bits per heavy atom. The van der Waals surface area contributed by atoms with Crippen LogP contribution in [0.25, 0.3) is 0 Å². The lowest BCUT2D eigenvalue weighted by Gasteiger charge is -2.07. The van der Waals surface area contributed by atoms with Crippen LogP contribution < -0.4 is 0 Å². The zero-order valence-corrected chi connectivity index (χ0v) is 7.75. The van der Waals surface area contributed by atoms with Gasteiger partial charge in [-0.3, -0.25) is 10.1 Å². The molecule has 0 unspecified atom stereocenters. The average molecular weight is 201 g/mol. The van der Waals surface area contributed by atoms with Gasteiger partial charge in [0.25, 0.3) is 0 Å². The normalized spacial score (nSPS) is 10.6. The van der Waals surface area contributed by atoms with Crippen molar-refractivity contribution in [2.24, 2.45) is 0 Å². The molecule has 0 amide bonds. The molecule has 0 atom stereocenters. The van der Waals surface area contributed by atoms with Crippen LogP contribution in [-0.2, 0) is 0 Å². The fourth-order valence-electron chi connectivity index (χ4n) is 1.23. The molecule has 1 aromatic carbocycles. The van der Waals surface area contributed by atoms with Gasteiger partial charge in [-0.05, 0) is 12.0 Å². The maximum atomic E-state index is 13.4. The van der Waals surface area contributed by atoms with Gasteiger partial charge in [0.1, 0.15) is 5.82 Å². The molecule has 0 bridgehead atoms. The van der Waals surface area contributed by atoms with E-state index in [1.807, 2.05) is 0 Å². The van der Waals surface area contributed by atoms with Crippen LogP contribution in [0.3, 0.4) is 0 Å². The SMILES string of the molecule is CC(C)c1c(F)ccc([N+](=O)[O-])c1F. The van der Waals surface area contributed by atoms with Crippen LogP contribution in [0.15, 0.2) is 12.1 Å². The van der Waals surface area contributed by atoms with Gasteiger partial charge < -0.3 is 0 Å². The minimum absolute atomic E-state index is 0.237. The first-order valence-corrected chi connectivity index (χ1v) is 4.07. The van der Waals surface area contributed by atoms with Gasteiger partial charge in [-0.15, -0.1) is 0 Å². The van der Waals surface area contributed by atoms with E-state index in [0.29, 0.717) is 0 Å². The quantitative estimate of drug-likeness (QED) is 0.545.